The van der Waals surface area contributed by atoms with Crippen molar-refractivity contribution in [1.82, 2.24) is 0 Å². The van der Waals surface area contributed by atoms with Gasteiger partial charge in [-0.1, -0.05) is 29.3 Å². The maximum atomic E-state index is 6.01. The first kappa shape index (κ1) is 15.8. The van der Waals surface area contributed by atoms with Crippen molar-refractivity contribution in [1.29, 1.82) is 0 Å². The summed E-state index contributed by atoms with van der Waals surface area (Å²) in [5.74, 6) is 2.08. The molecule has 2 rings (SSSR count). The van der Waals surface area contributed by atoms with Gasteiger partial charge in [0.2, 0.25) is 0 Å². The third-order valence-electron chi connectivity index (χ3n) is 2.62. The van der Waals surface area contributed by atoms with Crippen molar-refractivity contribution in [2.45, 2.75) is 6.92 Å². The molecule has 5 heteroatoms. The van der Waals surface area contributed by atoms with E-state index in [4.69, 9.17) is 37.4 Å². The summed E-state index contributed by atoms with van der Waals surface area (Å²) < 4.78 is 16.6. The Kier molecular flexibility index (Phi) is 6.03. The number of ether oxygens (including phenoxy) is 3. The van der Waals surface area contributed by atoms with Crippen molar-refractivity contribution in [3.8, 4) is 17.2 Å². The second-order valence-corrected chi connectivity index (χ2v) is 5.02. The molecule has 0 aliphatic carbocycles. The van der Waals surface area contributed by atoms with Gasteiger partial charge in [0.1, 0.15) is 30.5 Å². The van der Waals surface area contributed by atoms with Gasteiger partial charge in [-0.3, -0.25) is 0 Å². The molecule has 0 spiro atoms. The summed E-state index contributed by atoms with van der Waals surface area (Å²) in [6, 6.07) is 12.6. The summed E-state index contributed by atoms with van der Waals surface area (Å²) in [5, 5.41) is 1.11. The van der Waals surface area contributed by atoms with Gasteiger partial charge in [-0.25, -0.2) is 0 Å². The SMILES string of the molecule is CCOc1cccc(OCCOc2cc(Cl)ccc2Cl)c1. The number of rotatable bonds is 7. The van der Waals surface area contributed by atoms with E-state index in [2.05, 4.69) is 0 Å². The highest BCUT2D eigenvalue weighted by molar-refractivity contribution is 6.34. The molecule has 2 aromatic carbocycles. The van der Waals surface area contributed by atoms with Gasteiger partial charge in [-0.15, -0.1) is 0 Å². The van der Waals surface area contributed by atoms with Gasteiger partial charge in [0, 0.05) is 17.2 Å². The number of benzene rings is 2. The van der Waals surface area contributed by atoms with Crippen LogP contribution in [0.3, 0.4) is 0 Å². The van der Waals surface area contributed by atoms with Gasteiger partial charge in [0.05, 0.1) is 11.6 Å². The van der Waals surface area contributed by atoms with Crippen molar-refractivity contribution in [3.63, 3.8) is 0 Å². The molecule has 0 N–H and O–H groups in total. The van der Waals surface area contributed by atoms with E-state index in [0.717, 1.165) is 11.5 Å². The first-order chi connectivity index (χ1) is 10.2. The van der Waals surface area contributed by atoms with E-state index < -0.39 is 0 Å². The molecule has 0 saturated carbocycles. The lowest BCUT2D eigenvalue weighted by molar-refractivity contribution is 0.216. The molecule has 112 valence electrons. The van der Waals surface area contributed by atoms with Crippen LogP contribution in [0.5, 0.6) is 17.2 Å². The molecule has 3 nitrogen and oxygen atoms in total. The van der Waals surface area contributed by atoms with Crippen molar-refractivity contribution < 1.29 is 14.2 Å². The van der Waals surface area contributed by atoms with E-state index in [1.54, 1.807) is 18.2 Å². The first-order valence-corrected chi connectivity index (χ1v) is 7.38. The lowest BCUT2D eigenvalue weighted by atomic mass is 10.3. The summed E-state index contributed by atoms with van der Waals surface area (Å²) in [6.07, 6.45) is 0. The van der Waals surface area contributed by atoms with Crippen LogP contribution in [-0.2, 0) is 0 Å². The number of hydrogen-bond acceptors (Lipinski definition) is 3. The molecular weight excluding hydrogens is 311 g/mol. The third-order valence-corrected chi connectivity index (χ3v) is 3.17. The Hall–Kier alpha value is -1.58. The van der Waals surface area contributed by atoms with Gasteiger partial charge in [-0.05, 0) is 31.2 Å². The van der Waals surface area contributed by atoms with Crippen LogP contribution >= 0.6 is 23.2 Å². The second-order valence-electron chi connectivity index (χ2n) is 4.18. The minimum absolute atomic E-state index is 0.374. The third kappa shape index (κ3) is 5.03. The smallest absolute Gasteiger partial charge is 0.139 e. The molecule has 0 atom stereocenters. The molecule has 2 aromatic rings. The molecule has 0 fully saturated rings. The predicted molar refractivity (Wildman–Crippen MR) is 85.1 cm³/mol. The quantitative estimate of drug-likeness (QED) is 0.681. The summed E-state index contributed by atoms with van der Waals surface area (Å²) >= 11 is 11.9. The lowest BCUT2D eigenvalue weighted by Crippen LogP contribution is -2.09. The van der Waals surface area contributed by atoms with Crippen molar-refractivity contribution >= 4 is 23.2 Å². The highest BCUT2D eigenvalue weighted by Crippen LogP contribution is 2.27. The van der Waals surface area contributed by atoms with Gasteiger partial charge in [0.25, 0.3) is 0 Å². The Morgan fingerprint density at radius 2 is 1.57 bits per heavy atom. The van der Waals surface area contributed by atoms with Crippen molar-refractivity contribution in [2.24, 2.45) is 0 Å². The Labute approximate surface area is 134 Å². The van der Waals surface area contributed by atoms with Crippen LogP contribution in [0.4, 0.5) is 0 Å². The predicted octanol–water partition coefficient (Wildman–Crippen LogP) is 4.85. The summed E-state index contributed by atoms with van der Waals surface area (Å²) in [7, 11) is 0. The minimum Gasteiger partial charge on any atom is -0.494 e. The topological polar surface area (TPSA) is 27.7 Å². The highest BCUT2D eigenvalue weighted by Gasteiger charge is 2.03. The minimum atomic E-state index is 0.374. The van der Waals surface area contributed by atoms with Crippen LogP contribution in [0.2, 0.25) is 10.0 Å². The molecular formula is C16H16Cl2O3. The van der Waals surface area contributed by atoms with Crippen LogP contribution in [0.15, 0.2) is 42.5 Å². The standard InChI is InChI=1S/C16H16Cl2O3/c1-2-19-13-4-3-5-14(11-13)20-8-9-21-16-10-12(17)6-7-15(16)18/h3-7,10-11H,2,8-9H2,1H3. The van der Waals surface area contributed by atoms with Gasteiger partial charge < -0.3 is 14.2 Å². The maximum absolute atomic E-state index is 6.01. The largest absolute Gasteiger partial charge is 0.494 e. The second kappa shape index (κ2) is 8.01. The van der Waals surface area contributed by atoms with Crippen molar-refractivity contribution in [3.05, 3.63) is 52.5 Å². The zero-order valence-corrected chi connectivity index (χ0v) is 13.2. The molecule has 0 saturated heterocycles. The van der Waals surface area contributed by atoms with E-state index in [1.807, 2.05) is 31.2 Å². The zero-order chi connectivity index (χ0) is 15.1. The van der Waals surface area contributed by atoms with E-state index in [1.165, 1.54) is 0 Å². The zero-order valence-electron chi connectivity index (χ0n) is 11.6. The fraction of sp³-hybridized carbons (Fsp3) is 0.250. The molecule has 0 unspecified atom stereocenters. The van der Waals surface area contributed by atoms with E-state index in [0.29, 0.717) is 35.6 Å². The average Bonchev–Trinajstić information content (AvgIpc) is 2.48. The number of hydrogen-bond donors (Lipinski definition) is 0. The maximum Gasteiger partial charge on any atom is 0.139 e. The monoisotopic (exact) mass is 326 g/mol. The highest BCUT2D eigenvalue weighted by atomic mass is 35.5. The van der Waals surface area contributed by atoms with E-state index >= 15 is 0 Å². The molecule has 0 radical (unpaired) electrons. The first-order valence-electron chi connectivity index (χ1n) is 6.62. The molecule has 0 amide bonds. The Balaban J connectivity index is 1.81. The Morgan fingerprint density at radius 3 is 2.33 bits per heavy atom. The fourth-order valence-electron chi connectivity index (χ4n) is 1.72. The molecule has 0 bridgehead atoms. The summed E-state index contributed by atoms with van der Waals surface area (Å²) in [5.41, 5.74) is 0. The van der Waals surface area contributed by atoms with Gasteiger partial charge in [-0.2, -0.15) is 0 Å². The van der Waals surface area contributed by atoms with E-state index in [9.17, 15) is 0 Å². The normalized spacial score (nSPS) is 10.2. The van der Waals surface area contributed by atoms with Crippen LogP contribution in [-0.4, -0.2) is 19.8 Å². The molecule has 0 aliphatic heterocycles. The van der Waals surface area contributed by atoms with E-state index in [-0.39, 0.29) is 0 Å². The average molecular weight is 327 g/mol. The van der Waals surface area contributed by atoms with Gasteiger partial charge in [0.15, 0.2) is 0 Å². The molecule has 0 aliphatic rings. The molecule has 0 aromatic heterocycles. The molecule has 21 heavy (non-hydrogen) atoms. The lowest BCUT2D eigenvalue weighted by Gasteiger charge is -2.10. The Morgan fingerprint density at radius 1 is 0.857 bits per heavy atom. The Bertz CT molecular complexity index is 587. The summed E-state index contributed by atoms with van der Waals surface area (Å²) in [6.45, 7) is 3.34. The number of halogens is 2. The summed E-state index contributed by atoms with van der Waals surface area (Å²) in [4.78, 5) is 0. The fourth-order valence-corrected chi connectivity index (χ4v) is 2.05. The van der Waals surface area contributed by atoms with Crippen LogP contribution in [0, 0.1) is 0 Å². The van der Waals surface area contributed by atoms with Crippen molar-refractivity contribution in [2.75, 3.05) is 19.8 Å². The van der Waals surface area contributed by atoms with Gasteiger partial charge >= 0.3 is 0 Å². The van der Waals surface area contributed by atoms with Crippen LogP contribution in [0.25, 0.3) is 0 Å². The molecule has 0 heterocycles. The van der Waals surface area contributed by atoms with Crippen LogP contribution < -0.4 is 14.2 Å². The van der Waals surface area contributed by atoms with Crippen LogP contribution in [0.1, 0.15) is 6.92 Å².